The maximum atomic E-state index is 5.87. The smallest absolute Gasteiger partial charge is 0.118 e. The van der Waals surface area contributed by atoms with Gasteiger partial charge >= 0.3 is 0 Å². The van der Waals surface area contributed by atoms with Crippen LogP contribution in [0, 0.1) is 6.92 Å². The Morgan fingerprint density at radius 2 is 2.33 bits per heavy atom. The Balaban J connectivity index is 1.91. The van der Waals surface area contributed by atoms with Crippen molar-refractivity contribution in [2.24, 2.45) is 0 Å². The number of nitrogens with zero attached hydrogens (tertiary/aromatic N) is 1. The van der Waals surface area contributed by atoms with E-state index in [4.69, 9.17) is 4.42 Å². The summed E-state index contributed by atoms with van der Waals surface area (Å²) in [6.07, 6.45) is 3.82. The summed E-state index contributed by atoms with van der Waals surface area (Å²) in [7, 11) is 0. The molecular weight excluding hydrogens is 224 g/mol. The van der Waals surface area contributed by atoms with Gasteiger partial charge in [-0.15, -0.1) is 0 Å². The molecule has 1 aromatic rings. The minimum atomic E-state index is 0.706. The lowest BCUT2D eigenvalue weighted by atomic mass is 10.2. The van der Waals surface area contributed by atoms with Crippen molar-refractivity contribution < 1.29 is 4.42 Å². The van der Waals surface area contributed by atoms with Gasteiger partial charge in [-0.05, 0) is 52.3 Å². The highest BCUT2D eigenvalue weighted by atomic mass is 16.3. The second kappa shape index (κ2) is 6.39. The SMILES string of the molecule is CCCNCc1cc(CN2CCCC2C)oc1C. The number of likely N-dealkylation sites (tertiary alicyclic amines) is 1. The van der Waals surface area contributed by atoms with Crippen molar-refractivity contribution in [3.63, 3.8) is 0 Å². The minimum absolute atomic E-state index is 0.706. The van der Waals surface area contributed by atoms with E-state index in [0.717, 1.165) is 31.2 Å². The molecule has 3 nitrogen and oxygen atoms in total. The fourth-order valence-corrected chi connectivity index (χ4v) is 2.67. The van der Waals surface area contributed by atoms with E-state index in [2.05, 4.69) is 37.1 Å². The monoisotopic (exact) mass is 250 g/mol. The first-order chi connectivity index (χ1) is 8.70. The van der Waals surface area contributed by atoms with Gasteiger partial charge in [-0.3, -0.25) is 4.90 Å². The molecule has 0 amide bonds. The molecule has 0 spiro atoms. The largest absolute Gasteiger partial charge is 0.465 e. The first-order valence-corrected chi connectivity index (χ1v) is 7.23. The Kier molecular flexibility index (Phi) is 4.84. The van der Waals surface area contributed by atoms with E-state index in [9.17, 15) is 0 Å². The fourth-order valence-electron chi connectivity index (χ4n) is 2.67. The minimum Gasteiger partial charge on any atom is -0.465 e. The highest BCUT2D eigenvalue weighted by Gasteiger charge is 2.21. The Morgan fingerprint density at radius 3 is 3.00 bits per heavy atom. The van der Waals surface area contributed by atoms with Gasteiger partial charge in [-0.1, -0.05) is 6.92 Å². The van der Waals surface area contributed by atoms with Crippen LogP contribution < -0.4 is 5.32 Å². The van der Waals surface area contributed by atoms with Crippen LogP contribution in [0.2, 0.25) is 0 Å². The van der Waals surface area contributed by atoms with Crippen molar-refractivity contribution in [3.05, 3.63) is 23.2 Å². The van der Waals surface area contributed by atoms with Gasteiger partial charge in [-0.25, -0.2) is 0 Å². The fraction of sp³-hybridized carbons (Fsp3) is 0.733. The normalized spacial score (nSPS) is 20.7. The van der Waals surface area contributed by atoms with Gasteiger partial charge < -0.3 is 9.73 Å². The molecule has 102 valence electrons. The number of rotatable bonds is 6. The third kappa shape index (κ3) is 3.36. The highest BCUT2D eigenvalue weighted by Crippen LogP contribution is 2.22. The first kappa shape index (κ1) is 13.6. The molecule has 18 heavy (non-hydrogen) atoms. The van der Waals surface area contributed by atoms with Crippen LogP contribution in [-0.2, 0) is 13.1 Å². The summed E-state index contributed by atoms with van der Waals surface area (Å²) in [5, 5.41) is 3.43. The molecule has 1 atom stereocenters. The van der Waals surface area contributed by atoms with Gasteiger partial charge in [-0.2, -0.15) is 0 Å². The standard InChI is InChI=1S/C15H26N2O/c1-4-7-16-10-14-9-15(18-13(14)3)11-17-8-5-6-12(17)2/h9,12,16H,4-8,10-11H2,1-3H3. The van der Waals surface area contributed by atoms with E-state index >= 15 is 0 Å². The van der Waals surface area contributed by atoms with Crippen LogP contribution in [0.3, 0.4) is 0 Å². The average Bonchev–Trinajstić information content (AvgIpc) is 2.88. The van der Waals surface area contributed by atoms with Crippen molar-refractivity contribution in [2.75, 3.05) is 13.1 Å². The molecule has 1 N–H and O–H groups in total. The van der Waals surface area contributed by atoms with E-state index < -0.39 is 0 Å². The summed E-state index contributed by atoms with van der Waals surface area (Å²) in [5.41, 5.74) is 1.31. The molecule has 1 fully saturated rings. The Labute approximate surface area is 111 Å². The van der Waals surface area contributed by atoms with Crippen LogP contribution in [0.1, 0.15) is 50.2 Å². The molecule has 0 aliphatic carbocycles. The van der Waals surface area contributed by atoms with Gasteiger partial charge in [0.05, 0.1) is 6.54 Å². The van der Waals surface area contributed by atoms with E-state index in [-0.39, 0.29) is 0 Å². The average molecular weight is 250 g/mol. The number of nitrogens with one attached hydrogen (secondary N) is 1. The number of hydrogen-bond donors (Lipinski definition) is 1. The first-order valence-electron chi connectivity index (χ1n) is 7.23. The maximum absolute atomic E-state index is 5.87. The Bertz CT molecular complexity index is 373. The van der Waals surface area contributed by atoms with Gasteiger partial charge in [0.1, 0.15) is 11.5 Å². The van der Waals surface area contributed by atoms with Crippen LogP contribution in [-0.4, -0.2) is 24.0 Å². The zero-order valence-corrected chi connectivity index (χ0v) is 12.0. The summed E-state index contributed by atoms with van der Waals surface area (Å²) in [4.78, 5) is 2.52. The molecule has 1 unspecified atom stereocenters. The van der Waals surface area contributed by atoms with Gasteiger partial charge in [0.2, 0.25) is 0 Å². The van der Waals surface area contributed by atoms with E-state index in [1.54, 1.807) is 0 Å². The summed E-state index contributed by atoms with van der Waals surface area (Å²) in [6.45, 7) is 10.8. The number of aryl methyl sites for hydroxylation is 1. The molecule has 1 saturated heterocycles. The molecular formula is C15H26N2O. The van der Waals surface area contributed by atoms with Crippen LogP contribution >= 0.6 is 0 Å². The maximum Gasteiger partial charge on any atom is 0.118 e. The molecule has 0 bridgehead atoms. The lowest BCUT2D eigenvalue weighted by Gasteiger charge is -2.19. The second-order valence-corrected chi connectivity index (χ2v) is 5.43. The Hall–Kier alpha value is -0.800. The van der Waals surface area contributed by atoms with Crippen LogP contribution in [0.4, 0.5) is 0 Å². The lowest BCUT2D eigenvalue weighted by Crippen LogP contribution is -2.25. The van der Waals surface area contributed by atoms with Gasteiger partial charge in [0.15, 0.2) is 0 Å². The van der Waals surface area contributed by atoms with Crippen LogP contribution in [0.25, 0.3) is 0 Å². The Morgan fingerprint density at radius 1 is 1.50 bits per heavy atom. The van der Waals surface area contributed by atoms with Crippen molar-refractivity contribution in [1.29, 1.82) is 0 Å². The van der Waals surface area contributed by atoms with E-state index in [1.807, 2.05) is 0 Å². The predicted molar refractivity (Wildman–Crippen MR) is 74.5 cm³/mol. The highest BCUT2D eigenvalue weighted by molar-refractivity contribution is 5.20. The van der Waals surface area contributed by atoms with Gasteiger partial charge in [0.25, 0.3) is 0 Å². The van der Waals surface area contributed by atoms with Crippen LogP contribution in [0.15, 0.2) is 10.5 Å². The topological polar surface area (TPSA) is 28.4 Å². The van der Waals surface area contributed by atoms with E-state index in [1.165, 1.54) is 31.4 Å². The third-order valence-corrected chi connectivity index (χ3v) is 3.86. The van der Waals surface area contributed by atoms with E-state index in [0.29, 0.717) is 6.04 Å². The number of hydrogen-bond acceptors (Lipinski definition) is 3. The van der Waals surface area contributed by atoms with Crippen LogP contribution in [0.5, 0.6) is 0 Å². The molecule has 0 saturated carbocycles. The molecule has 1 aromatic heterocycles. The zero-order valence-electron chi connectivity index (χ0n) is 12.0. The summed E-state index contributed by atoms with van der Waals surface area (Å²) >= 11 is 0. The molecule has 2 heterocycles. The predicted octanol–water partition coefficient (Wildman–Crippen LogP) is 3.07. The van der Waals surface area contributed by atoms with Crippen molar-refractivity contribution in [1.82, 2.24) is 10.2 Å². The summed E-state index contributed by atoms with van der Waals surface area (Å²) in [6, 6.07) is 2.93. The lowest BCUT2D eigenvalue weighted by molar-refractivity contribution is 0.237. The zero-order chi connectivity index (χ0) is 13.0. The van der Waals surface area contributed by atoms with Crippen molar-refractivity contribution in [2.45, 2.75) is 59.2 Å². The third-order valence-electron chi connectivity index (χ3n) is 3.86. The molecule has 1 aliphatic heterocycles. The number of furan rings is 1. The summed E-state index contributed by atoms with van der Waals surface area (Å²) in [5.74, 6) is 2.19. The molecule has 1 aliphatic rings. The second-order valence-electron chi connectivity index (χ2n) is 5.43. The quantitative estimate of drug-likeness (QED) is 0.787. The van der Waals surface area contributed by atoms with Crippen molar-refractivity contribution >= 4 is 0 Å². The molecule has 3 heteroatoms. The van der Waals surface area contributed by atoms with Gasteiger partial charge in [0, 0.05) is 18.2 Å². The molecule has 0 aromatic carbocycles. The molecule has 0 radical (unpaired) electrons. The molecule has 2 rings (SSSR count). The van der Waals surface area contributed by atoms with Crippen molar-refractivity contribution in [3.8, 4) is 0 Å². The summed E-state index contributed by atoms with van der Waals surface area (Å²) < 4.78 is 5.87.